The molecular formula is C13H14ClNO2S. The standard InChI is InChI=1S/C13H14ClNO2S/c1-8-7-18-13(15-8)6-17-12-4-3-10(9(2)16)5-11(12)14/h3-5,7,9,16H,6H2,1-2H3/t9-/m1/s1. The van der Waals surface area contributed by atoms with Crippen LogP contribution in [0.5, 0.6) is 5.75 Å². The van der Waals surface area contributed by atoms with Gasteiger partial charge in [0, 0.05) is 11.1 Å². The highest BCUT2D eigenvalue weighted by atomic mass is 35.5. The van der Waals surface area contributed by atoms with Crippen molar-refractivity contribution in [2.24, 2.45) is 0 Å². The van der Waals surface area contributed by atoms with Crippen LogP contribution in [0.15, 0.2) is 23.6 Å². The van der Waals surface area contributed by atoms with E-state index in [0.29, 0.717) is 17.4 Å². The van der Waals surface area contributed by atoms with E-state index >= 15 is 0 Å². The fourth-order valence-electron chi connectivity index (χ4n) is 1.50. The van der Waals surface area contributed by atoms with Crippen molar-refractivity contribution < 1.29 is 9.84 Å². The number of ether oxygens (including phenoxy) is 1. The van der Waals surface area contributed by atoms with Crippen molar-refractivity contribution in [1.82, 2.24) is 4.98 Å². The molecule has 0 spiro atoms. The summed E-state index contributed by atoms with van der Waals surface area (Å²) < 4.78 is 5.61. The second-order valence-electron chi connectivity index (χ2n) is 4.04. The number of thiazole rings is 1. The minimum atomic E-state index is -0.529. The number of benzene rings is 1. The number of nitrogens with zero attached hydrogens (tertiary/aromatic N) is 1. The third-order valence-corrected chi connectivity index (χ3v) is 3.69. The van der Waals surface area contributed by atoms with Crippen LogP contribution in [0.2, 0.25) is 5.02 Å². The van der Waals surface area contributed by atoms with Crippen molar-refractivity contribution in [2.75, 3.05) is 0 Å². The van der Waals surface area contributed by atoms with Gasteiger partial charge in [0.05, 0.1) is 11.1 Å². The van der Waals surface area contributed by atoms with Crippen LogP contribution in [0.1, 0.15) is 29.3 Å². The first-order valence-corrected chi connectivity index (χ1v) is 6.83. The molecule has 0 unspecified atom stereocenters. The number of aryl methyl sites for hydroxylation is 1. The van der Waals surface area contributed by atoms with E-state index < -0.39 is 6.10 Å². The lowest BCUT2D eigenvalue weighted by atomic mass is 10.1. The lowest BCUT2D eigenvalue weighted by molar-refractivity contribution is 0.199. The first-order valence-electron chi connectivity index (χ1n) is 5.57. The van der Waals surface area contributed by atoms with E-state index in [0.717, 1.165) is 16.3 Å². The van der Waals surface area contributed by atoms with Gasteiger partial charge in [-0.15, -0.1) is 11.3 Å². The summed E-state index contributed by atoms with van der Waals surface area (Å²) in [6, 6.07) is 5.29. The smallest absolute Gasteiger partial charge is 0.140 e. The number of aromatic nitrogens is 1. The van der Waals surface area contributed by atoms with Crippen LogP contribution in [0.25, 0.3) is 0 Å². The molecule has 0 saturated carbocycles. The van der Waals surface area contributed by atoms with Gasteiger partial charge in [-0.2, -0.15) is 0 Å². The fourth-order valence-corrected chi connectivity index (χ4v) is 2.43. The Balaban J connectivity index is 2.05. The molecule has 0 radical (unpaired) electrons. The summed E-state index contributed by atoms with van der Waals surface area (Å²) in [7, 11) is 0. The molecule has 96 valence electrons. The molecule has 0 saturated heterocycles. The summed E-state index contributed by atoms with van der Waals surface area (Å²) in [5.74, 6) is 0.605. The van der Waals surface area contributed by atoms with Crippen LogP contribution in [0, 0.1) is 6.92 Å². The molecule has 0 bridgehead atoms. The van der Waals surface area contributed by atoms with Gasteiger partial charge in [-0.05, 0) is 31.5 Å². The summed E-state index contributed by atoms with van der Waals surface area (Å²) in [5.41, 5.74) is 1.77. The summed E-state index contributed by atoms with van der Waals surface area (Å²) >= 11 is 7.66. The van der Waals surface area contributed by atoms with Crippen molar-refractivity contribution in [2.45, 2.75) is 26.6 Å². The minimum Gasteiger partial charge on any atom is -0.485 e. The fraction of sp³-hybridized carbons (Fsp3) is 0.308. The monoisotopic (exact) mass is 283 g/mol. The molecule has 1 heterocycles. The molecule has 0 fully saturated rings. The van der Waals surface area contributed by atoms with E-state index in [1.54, 1.807) is 36.5 Å². The van der Waals surface area contributed by atoms with Crippen molar-refractivity contribution in [3.8, 4) is 5.75 Å². The number of aliphatic hydroxyl groups is 1. The van der Waals surface area contributed by atoms with Crippen LogP contribution in [0.3, 0.4) is 0 Å². The van der Waals surface area contributed by atoms with Gasteiger partial charge < -0.3 is 9.84 Å². The highest BCUT2D eigenvalue weighted by Crippen LogP contribution is 2.28. The average Bonchev–Trinajstić information content (AvgIpc) is 2.73. The zero-order valence-electron chi connectivity index (χ0n) is 10.2. The largest absolute Gasteiger partial charge is 0.485 e. The van der Waals surface area contributed by atoms with E-state index in [-0.39, 0.29) is 0 Å². The van der Waals surface area contributed by atoms with Crippen LogP contribution in [-0.2, 0) is 6.61 Å². The zero-order chi connectivity index (χ0) is 13.1. The SMILES string of the molecule is Cc1csc(COc2ccc([C@@H](C)O)cc2Cl)n1. The Morgan fingerprint density at radius 3 is 2.83 bits per heavy atom. The van der Waals surface area contributed by atoms with Gasteiger partial charge in [0.2, 0.25) is 0 Å². The number of hydrogen-bond acceptors (Lipinski definition) is 4. The molecule has 1 aromatic heterocycles. The van der Waals surface area contributed by atoms with Crippen LogP contribution in [0.4, 0.5) is 0 Å². The third-order valence-electron chi connectivity index (χ3n) is 2.46. The summed E-state index contributed by atoms with van der Waals surface area (Å²) in [6.07, 6.45) is -0.529. The van der Waals surface area contributed by atoms with Crippen LogP contribution < -0.4 is 4.74 Å². The Morgan fingerprint density at radius 1 is 1.50 bits per heavy atom. The van der Waals surface area contributed by atoms with Gasteiger partial charge in [0.25, 0.3) is 0 Å². The molecule has 18 heavy (non-hydrogen) atoms. The average molecular weight is 284 g/mol. The maximum Gasteiger partial charge on any atom is 0.140 e. The highest BCUT2D eigenvalue weighted by molar-refractivity contribution is 7.09. The zero-order valence-corrected chi connectivity index (χ0v) is 11.8. The topological polar surface area (TPSA) is 42.4 Å². The van der Waals surface area contributed by atoms with Gasteiger partial charge in [-0.3, -0.25) is 0 Å². The second kappa shape index (κ2) is 5.69. The molecule has 1 N–H and O–H groups in total. The Labute approximate surface area is 115 Å². The molecule has 0 aliphatic rings. The van der Waals surface area contributed by atoms with Crippen molar-refractivity contribution in [3.63, 3.8) is 0 Å². The molecule has 5 heteroatoms. The van der Waals surface area contributed by atoms with E-state index in [4.69, 9.17) is 16.3 Å². The van der Waals surface area contributed by atoms with Crippen molar-refractivity contribution >= 4 is 22.9 Å². The Morgan fingerprint density at radius 2 is 2.28 bits per heavy atom. The molecule has 1 aromatic carbocycles. The predicted molar refractivity (Wildman–Crippen MR) is 73.3 cm³/mol. The Hall–Kier alpha value is -1.10. The normalized spacial score (nSPS) is 12.4. The minimum absolute atomic E-state index is 0.409. The van der Waals surface area contributed by atoms with Crippen molar-refractivity contribution in [3.05, 3.63) is 44.9 Å². The Bertz CT molecular complexity index is 540. The lowest BCUT2D eigenvalue weighted by Gasteiger charge is -2.09. The number of aliphatic hydroxyl groups excluding tert-OH is 1. The van der Waals surface area contributed by atoms with E-state index in [1.807, 2.05) is 12.3 Å². The molecule has 2 rings (SSSR count). The van der Waals surface area contributed by atoms with E-state index in [2.05, 4.69) is 4.98 Å². The van der Waals surface area contributed by atoms with Gasteiger partial charge in [-0.25, -0.2) is 4.98 Å². The van der Waals surface area contributed by atoms with Crippen LogP contribution in [-0.4, -0.2) is 10.1 Å². The summed E-state index contributed by atoms with van der Waals surface area (Å²) in [4.78, 5) is 4.31. The van der Waals surface area contributed by atoms with Crippen LogP contribution >= 0.6 is 22.9 Å². The maximum atomic E-state index is 9.44. The summed E-state index contributed by atoms with van der Waals surface area (Å²) in [6.45, 7) is 4.06. The predicted octanol–water partition coefficient (Wildman–Crippen LogP) is 3.74. The third kappa shape index (κ3) is 3.22. The van der Waals surface area contributed by atoms with Gasteiger partial charge in [-0.1, -0.05) is 17.7 Å². The molecule has 0 aliphatic carbocycles. The quantitative estimate of drug-likeness (QED) is 0.929. The van der Waals surface area contributed by atoms with E-state index in [1.165, 1.54) is 0 Å². The second-order valence-corrected chi connectivity index (χ2v) is 5.39. The molecule has 0 amide bonds. The molecule has 0 aliphatic heterocycles. The molecule has 3 nitrogen and oxygen atoms in total. The highest BCUT2D eigenvalue weighted by Gasteiger charge is 2.07. The lowest BCUT2D eigenvalue weighted by Crippen LogP contribution is -1.97. The number of hydrogen-bond donors (Lipinski definition) is 1. The van der Waals surface area contributed by atoms with Gasteiger partial charge in [0.1, 0.15) is 17.4 Å². The maximum absolute atomic E-state index is 9.44. The number of rotatable bonds is 4. The number of halogens is 1. The molecule has 1 atom stereocenters. The summed E-state index contributed by atoms with van der Waals surface area (Å²) in [5, 5.41) is 12.8. The van der Waals surface area contributed by atoms with Gasteiger partial charge in [0.15, 0.2) is 0 Å². The Kier molecular flexibility index (Phi) is 4.22. The van der Waals surface area contributed by atoms with Gasteiger partial charge >= 0.3 is 0 Å². The van der Waals surface area contributed by atoms with Crippen molar-refractivity contribution in [1.29, 1.82) is 0 Å². The molecular weight excluding hydrogens is 270 g/mol. The van der Waals surface area contributed by atoms with E-state index in [9.17, 15) is 5.11 Å². The first-order chi connectivity index (χ1) is 8.56. The molecule has 2 aromatic rings. The first kappa shape index (κ1) is 13.3.